The lowest BCUT2D eigenvalue weighted by molar-refractivity contribution is -0.147. The molecule has 2 aromatic rings. The first-order chi connectivity index (χ1) is 12.1. The molecule has 3 heteroatoms. The van der Waals surface area contributed by atoms with Crippen molar-refractivity contribution in [1.82, 2.24) is 4.90 Å². The van der Waals surface area contributed by atoms with Gasteiger partial charge in [0.15, 0.2) is 5.79 Å². The van der Waals surface area contributed by atoms with Crippen LogP contribution in [0.3, 0.4) is 0 Å². The van der Waals surface area contributed by atoms with Crippen molar-refractivity contribution in [1.29, 1.82) is 0 Å². The van der Waals surface area contributed by atoms with Gasteiger partial charge in [0.05, 0.1) is 12.7 Å². The van der Waals surface area contributed by atoms with Gasteiger partial charge in [-0.3, -0.25) is 4.90 Å². The summed E-state index contributed by atoms with van der Waals surface area (Å²) in [6.45, 7) is 8.72. The van der Waals surface area contributed by atoms with Crippen LogP contribution in [0.2, 0.25) is 0 Å². The molecule has 1 heterocycles. The first-order valence-electron chi connectivity index (χ1n) is 9.21. The van der Waals surface area contributed by atoms with E-state index in [9.17, 15) is 0 Å². The topological polar surface area (TPSA) is 21.7 Å². The third-order valence-electron chi connectivity index (χ3n) is 4.80. The molecule has 0 spiro atoms. The number of rotatable bonds is 7. The van der Waals surface area contributed by atoms with Crippen LogP contribution < -0.4 is 0 Å². The molecule has 1 aliphatic rings. The van der Waals surface area contributed by atoms with Gasteiger partial charge in [-0.1, -0.05) is 67.6 Å². The fourth-order valence-corrected chi connectivity index (χ4v) is 3.59. The highest BCUT2D eigenvalue weighted by Crippen LogP contribution is 2.29. The van der Waals surface area contributed by atoms with E-state index in [-0.39, 0.29) is 6.10 Å². The Morgan fingerprint density at radius 1 is 0.960 bits per heavy atom. The molecule has 2 atom stereocenters. The van der Waals surface area contributed by atoms with Crippen LogP contribution in [-0.4, -0.2) is 29.4 Å². The SMILES string of the molecule is CCC([C@H]1COC(C)(C)O1)N(Cc1ccccc1)Cc1ccccc1. The summed E-state index contributed by atoms with van der Waals surface area (Å²) in [4.78, 5) is 2.53. The lowest BCUT2D eigenvalue weighted by atomic mass is 10.0. The fraction of sp³-hybridized carbons (Fsp3) is 0.455. The van der Waals surface area contributed by atoms with E-state index < -0.39 is 5.79 Å². The third kappa shape index (κ3) is 4.91. The Kier molecular flexibility index (Phi) is 5.89. The van der Waals surface area contributed by atoms with Crippen molar-refractivity contribution < 1.29 is 9.47 Å². The van der Waals surface area contributed by atoms with E-state index in [1.54, 1.807) is 0 Å². The highest BCUT2D eigenvalue weighted by Gasteiger charge is 2.38. The molecule has 1 fully saturated rings. The predicted molar refractivity (Wildman–Crippen MR) is 101 cm³/mol. The van der Waals surface area contributed by atoms with E-state index in [1.807, 2.05) is 13.8 Å². The van der Waals surface area contributed by atoms with Crippen LogP contribution in [-0.2, 0) is 22.6 Å². The normalized spacial score (nSPS) is 20.7. The number of hydrogen-bond acceptors (Lipinski definition) is 3. The molecule has 134 valence electrons. The molecule has 0 radical (unpaired) electrons. The van der Waals surface area contributed by atoms with E-state index in [4.69, 9.17) is 9.47 Å². The zero-order valence-electron chi connectivity index (χ0n) is 15.5. The standard InChI is InChI=1S/C22H29NO2/c1-4-20(21-17-24-22(2,3)25-21)23(15-18-11-7-5-8-12-18)16-19-13-9-6-10-14-19/h5-14,20-21H,4,15-17H2,1-3H3/t20?,21-/m1/s1. The Bertz CT molecular complexity index is 600. The van der Waals surface area contributed by atoms with Crippen molar-refractivity contribution >= 4 is 0 Å². The molecular weight excluding hydrogens is 310 g/mol. The number of nitrogens with zero attached hydrogens (tertiary/aromatic N) is 1. The molecule has 3 nitrogen and oxygen atoms in total. The Morgan fingerprint density at radius 3 is 1.88 bits per heavy atom. The average Bonchev–Trinajstić information content (AvgIpc) is 2.97. The fourth-order valence-electron chi connectivity index (χ4n) is 3.59. The summed E-state index contributed by atoms with van der Waals surface area (Å²) >= 11 is 0. The van der Waals surface area contributed by atoms with Gasteiger partial charge in [-0.05, 0) is 31.4 Å². The first kappa shape index (κ1) is 18.1. The van der Waals surface area contributed by atoms with Gasteiger partial charge in [0.25, 0.3) is 0 Å². The van der Waals surface area contributed by atoms with Crippen molar-refractivity contribution in [3.05, 3.63) is 71.8 Å². The zero-order valence-corrected chi connectivity index (χ0v) is 15.5. The summed E-state index contributed by atoms with van der Waals surface area (Å²) < 4.78 is 12.0. The average molecular weight is 339 g/mol. The van der Waals surface area contributed by atoms with E-state index in [0.717, 1.165) is 19.5 Å². The van der Waals surface area contributed by atoms with E-state index in [1.165, 1.54) is 11.1 Å². The summed E-state index contributed by atoms with van der Waals surface area (Å²) in [6.07, 6.45) is 1.14. The summed E-state index contributed by atoms with van der Waals surface area (Å²) in [6, 6.07) is 21.7. The minimum absolute atomic E-state index is 0.104. The molecule has 3 rings (SSSR count). The maximum Gasteiger partial charge on any atom is 0.163 e. The lowest BCUT2D eigenvalue weighted by Crippen LogP contribution is -2.44. The summed E-state index contributed by atoms with van der Waals surface area (Å²) in [5.41, 5.74) is 2.66. The monoisotopic (exact) mass is 339 g/mol. The van der Waals surface area contributed by atoms with Crippen molar-refractivity contribution in [2.24, 2.45) is 0 Å². The Hall–Kier alpha value is -1.68. The largest absolute Gasteiger partial charge is 0.348 e. The molecule has 1 saturated heterocycles. The molecular formula is C22H29NO2. The van der Waals surface area contributed by atoms with Gasteiger partial charge in [0.1, 0.15) is 0 Å². The Balaban J connectivity index is 1.80. The Morgan fingerprint density at radius 2 is 1.48 bits per heavy atom. The van der Waals surface area contributed by atoms with Gasteiger partial charge < -0.3 is 9.47 Å². The van der Waals surface area contributed by atoms with Crippen LogP contribution in [0.4, 0.5) is 0 Å². The molecule has 0 amide bonds. The third-order valence-corrected chi connectivity index (χ3v) is 4.80. The second-order valence-corrected chi connectivity index (χ2v) is 7.22. The summed E-state index contributed by atoms with van der Waals surface area (Å²) in [7, 11) is 0. The second kappa shape index (κ2) is 8.13. The maximum absolute atomic E-state index is 6.19. The summed E-state index contributed by atoms with van der Waals surface area (Å²) in [5, 5.41) is 0. The van der Waals surface area contributed by atoms with Gasteiger partial charge in [-0.2, -0.15) is 0 Å². The van der Waals surface area contributed by atoms with Crippen molar-refractivity contribution in [2.75, 3.05) is 6.61 Å². The van der Waals surface area contributed by atoms with Crippen LogP contribution >= 0.6 is 0 Å². The van der Waals surface area contributed by atoms with Crippen molar-refractivity contribution in [3.8, 4) is 0 Å². The van der Waals surface area contributed by atoms with Crippen molar-refractivity contribution in [2.45, 2.75) is 58.2 Å². The number of ether oxygens (including phenoxy) is 2. The predicted octanol–water partition coefficient (Wildman–Crippen LogP) is 4.62. The highest BCUT2D eigenvalue weighted by molar-refractivity contribution is 5.17. The number of hydrogen-bond donors (Lipinski definition) is 0. The van der Waals surface area contributed by atoms with Crippen LogP contribution in [0, 0.1) is 0 Å². The maximum atomic E-state index is 6.19. The number of benzene rings is 2. The van der Waals surface area contributed by atoms with Gasteiger partial charge in [-0.15, -0.1) is 0 Å². The first-order valence-corrected chi connectivity index (χ1v) is 9.21. The highest BCUT2D eigenvalue weighted by atomic mass is 16.7. The van der Waals surface area contributed by atoms with Crippen LogP contribution in [0.1, 0.15) is 38.3 Å². The molecule has 0 N–H and O–H groups in total. The van der Waals surface area contributed by atoms with E-state index >= 15 is 0 Å². The lowest BCUT2D eigenvalue weighted by Gasteiger charge is -2.35. The quantitative estimate of drug-likeness (QED) is 0.735. The van der Waals surface area contributed by atoms with E-state index in [2.05, 4.69) is 72.5 Å². The van der Waals surface area contributed by atoms with Gasteiger partial charge in [-0.25, -0.2) is 0 Å². The van der Waals surface area contributed by atoms with Crippen LogP contribution in [0.25, 0.3) is 0 Å². The molecule has 1 unspecified atom stereocenters. The summed E-state index contributed by atoms with van der Waals surface area (Å²) in [5.74, 6) is -0.483. The Labute approximate surface area is 151 Å². The second-order valence-electron chi connectivity index (χ2n) is 7.22. The van der Waals surface area contributed by atoms with Gasteiger partial charge in [0.2, 0.25) is 0 Å². The van der Waals surface area contributed by atoms with E-state index in [0.29, 0.717) is 12.6 Å². The van der Waals surface area contributed by atoms with Crippen LogP contribution in [0.15, 0.2) is 60.7 Å². The molecule has 25 heavy (non-hydrogen) atoms. The molecule has 0 saturated carbocycles. The molecule has 1 aliphatic heterocycles. The molecule has 0 bridgehead atoms. The van der Waals surface area contributed by atoms with Crippen molar-refractivity contribution in [3.63, 3.8) is 0 Å². The van der Waals surface area contributed by atoms with Gasteiger partial charge >= 0.3 is 0 Å². The zero-order chi connectivity index (χ0) is 17.7. The van der Waals surface area contributed by atoms with Gasteiger partial charge in [0, 0.05) is 19.1 Å². The molecule has 0 aliphatic carbocycles. The molecule has 0 aromatic heterocycles. The minimum Gasteiger partial charge on any atom is -0.348 e. The smallest absolute Gasteiger partial charge is 0.163 e. The minimum atomic E-state index is -0.483. The molecule has 2 aromatic carbocycles. The van der Waals surface area contributed by atoms with Crippen LogP contribution in [0.5, 0.6) is 0 Å².